The Bertz CT molecular complexity index is 861. The second-order valence-electron chi connectivity index (χ2n) is 5.08. The standard InChI is InChI=1S/C14H15N3O4S2/c1-9-12(22-14(15-9)16-23(2,19)20)13(18)17-7-8-21-11-6-4-3-5-10(11)17/h3-6H,7-8H2,1-2H3,(H,15,16). The Kier molecular flexibility index (Phi) is 3.99. The van der Waals surface area contributed by atoms with Crippen molar-refractivity contribution >= 4 is 38.1 Å². The van der Waals surface area contributed by atoms with Crippen LogP contribution in [0.3, 0.4) is 0 Å². The van der Waals surface area contributed by atoms with Crippen LogP contribution in [-0.4, -0.2) is 38.7 Å². The predicted octanol–water partition coefficient (Wildman–Crippen LogP) is 1.86. The molecular formula is C14H15N3O4S2. The number of nitrogens with zero attached hydrogens (tertiary/aromatic N) is 2. The van der Waals surface area contributed by atoms with Crippen molar-refractivity contribution in [1.82, 2.24) is 4.98 Å². The van der Waals surface area contributed by atoms with E-state index in [4.69, 9.17) is 4.74 Å². The molecule has 0 radical (unpaired) electrons. The number of rotatable bonds is 3. The summed E-state index contributed by atoms with van der Waals surface area (Å²) in [5, 5.41) is 0.190. The summed E-state index contributed by atoms with van der Waals surface area (Å²) in [7, 11) is -3.43. The first-order chi connectivity index (χ1) is 10.8. The van der Waals surface area contributed by atoms with Gasteiger partial charge in [-0.05, 0) is 19.1 Å². The monoisotopic (exact) mass is 353 g/mol. The molecule has 1 aliphatic rings. The van der Waals surface area contributed by atoms with Crippen LogP contribution in [0.2, 0.25) is 0 Å². The van der Waals surface area contributed by atoms with Crippen molar-refractivity contribution < 1.29 is 17.9 Å². The maximum Gasteiger partial charge on any atom is 0.270 e. The van der Waals surface area contributed by atoms with Gasteiger partial charge in [0.25, 0.3) is 5.91 Å². The molecule has 1 aromatic heterocycles. The number of anilines is 2. The van der Waals surface area contributed by atoms with Gasteiger partial charge in [0.2, 0.25) is 10.0 Å². The van der Waals surface area contributed by atoms with Gasteiger partial charge in [0.1, 0.15) is 17.2 Å². The van der Waals surface area contributed by atoms with Crippen molar-refractivity contribution in [2.24, 2.45) is 0 Å². The molecular weight excluding hydrogens is 338 g/mol. The molecule has 0 spiro atoms. The number of aryl methyl sites for hydroxylation is 1. The molecule has 1 amide bonds. The third kappa shape index (κ3) is 3.30. The summed E-state index contributed by atoms with van der Waals surface area (Å²) in [5.41, 5.74) is 1.20. The molecule has 7 nitrogen and oxygen atoms in total. The van der Waals surface area contributed by atoms with Crippen molar-refractivity contribution in [2.75, 3.05) is 29.0 Å². The van der Waals surface area contributed by atoms with E-state index in [9.17, 15) is 13.2 Å². The molecule has 1 aromatic carbocycles. The number of carbonyl (C=O) groups is 1. The summed E-state index contributed by atoms with van der Waals surface area (Å²) in [4.78, 5) is 19.0. The van der Waals surface area contributed by atoms with Crippen LogP contribution < -0.4 is 14.4 Å². The zero-order valence-electron chi connectivity index (χ0n) is 12.6. The number of benzene rings is 1. The molecule has 1 aliphatic heterocycles. The van der Waals surface area contributed by atoms with Crippen molar-refractivity contribution in [3.63, 3.8) is 0 Å². The van der Waals surface area contributed by atoms with Gasteiger partial charge in [0.05, 0.1) is 24.2 Å². The van der Waals surface area contributed by atoms with Crippen molar-refractivity contribution in [3.05, 3.63) is 34.8 Å². The molecule has 122 valence electrons. The molecule has 1 N–H and O–H groups in total. The number of carbonyl (C=O) groups excluding carboxylic acids is 1. The largest absolute Gasteiger partial charge is 0.490 e. The molecule has 3 rings (SSSR count). The SMILES string of the molecule is Cc1nc(NS(C)(=O)=O)sc1C(=O)N1CCOc2ccccc21. The predicted molar refractivity (Wildman–Crippen MR) is 88.9 cm³/mol. The van der Waals surface area contributed by atoms with E-state index in [-0.39, 0.29) is 11.0 Å². The molecule has 23 heavy (non-hydrogen) atoms. The van der Waals surface area contributed by atoms with Gasteiger partial charge in [-0.2, -0.15) is 0 Å². The molecule has 2 aromatic rings. The minimum Gasteiger partial charge on any atom is -0.490 e. The molecule has 0 fully saturated rings. The zero-order valence-corrected chi connectivity index (χ0v) is 14.2. The Labute approximate surface area is 138 Å². The van der Waals surface area contributed by atoms with Gasteiger partial charge in [-0.15, -0.1) is 0 Å². The lowest BCUT2D eigenvalue weighted by Crippen LogP contribution is -2.37. The Hall–Kier alpha value is -2.13. The molecule has 0 aliphatic carbocycles. The first-order valence-corrected chi connectivity index (χ1v) is 9.55. The quantitative estimate of drug-likeness (QED) is 0.910. The second-order valence-corrected chi connectivity index (χ2v) is 7.83. The lowest BCUT2D eigenvalue weighted by molar-refractivity contribution is 0.0979. The second kappa shape index (κ2) is 5.82. The number of sulfonamides is 1. The first kappa shape index (κ1) is 15.8. The van der Waals surface area contributed by atoms with Crippen LogP contribution >= 0.6 is 11.3 Å². The number of hydrogen-bond donors (Lipinski definition) is 1. The van der Waals surface area contributed by atoms with Gasteiger partial charge in [-0.1, -0.05) is 23.5 Å². The van der Waals surface area contributed by atoms with E-state index in [0.717, 1.165) is 17.6 Å². The summed E-state index contributed by atoms with van der Waals surface area (Å²) in [6.07, 6.45) is 1.05. The lowest BCUT2D eigenvalue weighted by atomic mass is 10.2. The van der Waals surface area contributed by atoms with Crippen molar-refractivity contribution in [3.8, 4) is 5.75 Å². The number of ether oxygens (including phenoxy) is 1. The van der Waals surface area contributed by atoms with Crippen LogP contribution in [0.15, 0.2) is 24.3 Å². The topological polar surface area (TPSA) is 88.6 Å². The molecule has 9 heteroatoms. The third-order valence-corrected chi connectivity index (χ3v) is 4.99. The number of nitrogens with one attached hydrogen (secondary N) is 1. The van der Waals surface area contributed by atoms with Crippen LogP contribution in [0.4, 0.5) is 10.8 Å². The fourth-order valence-corrected chi connectivity index (χ4v) is 4.05. The highest BCUT2D eigenvalue weighted by Crippen LogP contribution is 2.34. The van der Waals surface area contributed by atoms with Crippen LogP contribution in [-0.2, 0) is 10.0 Å². The van der Waals surface area contributed by atoms with E-state index in [1.54, 1.807) is 11.8 Å². The van der Waals surface area contributed by atoms with E-state index in [1.165, 1.54) is 0 Å². The minimum atomic E-state index is -3.43. The summed E-state index contributed by atoms with van der Waals surface area (Å²) in [6.45, 7) is 2.53. The van der Waals surface area contributed by atoms with Crippen molar-refractivity contribution in [2.45, 2.75) is 6.92 Å². The smallest absolute Gasteiger partial charge is 0.270 e. The maximum absolute atomic E-state index is 12.8. The number of aromatic nitrogens is 1. The number of para-hydroxylation sites is 2. The summed E-state index contributed by atoms with van der Waals surface area (Å²) >= 11 is 1.03. The molecule has 2 heterocycles. The number of fused-ring (bicyclic) bond motifs is 1. The van der Waals surface area contributed by atoms with E-state index in [2.05, 4.69) is 9.71 Å². The Morgan fingerprint density at radius 1 is 1.39 bits per heavy atom. The van der Waals surface area contributed by atoms with E-state index in [1.807, 2.05) is 24.3 Å². The Morgan fingerprint density at radius 2 is 2.13 bits per heavy atom. The molecule has 0 atom stereocenters. The summed E-state index contributed by atoms with van der Waals surface area (Å²) in [5.74, 6) is 0.445. The first-order valence-electron chi connectivity index (χ1n) is 6.84. The summed E-state index contributed by atoms with van der Waals surface area (Å²) < 4.78 is 30.4. The highest BCUT2D eigenvalue weighted by Gasteiger charge is 2.27. The lowest BCUT2D eigenvalue weighted by Gasteiger charge is -2.29. The highest BCUT2D eigenvalue weighted by atomic mass is 32.2. The minimum absolute atomic E-state index is 0.190. The van der Waals surface area contributed by atoms with Crippen molar-refractivity contribution in [1.29, 1.82) is 0 Å². The Morgan fingerprint density at radius 3 is 2.87 bits per heavy atom. The average molecular weight is 353 g/mol. The van der Waals surface area contributed by atoms with Gasteiger partial charge in [-0.3, -0.25) is 9.52 Å². The fraction of sp³-hybridized carbons (Fsp3) is 0.286. The zero-order chi connectivity index (χ0) is 16.6. The Balaban J connectivity index is 1.93. The van der Waals surface area contributed by atoms with Crippen LogP contribution in [0.1, 0.15) is 15.4 Å². The highest BCUT2D eigenvalue weighted by molar-refractivity contribution is 7.92. The third-order valence-electron chi connectivity index (χ3n) is 3.24. The molecule has 0 unspecified atom stereocenters. The van der Waals surface area contributed by atoms with E-state index >= 15 is 0 Å². The van der Waals surface area contributed by atoms with Gasteiger partial charge < -0.3 is 9.64 Å². The maximum atomic E-state index is 12.8. The number of thiazole rings is 1. The molecule has 0 bridgehead atoms. The molecule has 0 saturated carbocycles. The van der Waals surface area contributed by atoms with Crippen LogP contribution in [0.5, 0.6) is 5.75 Å². The average Bonchev–Trinajstić information content (AvgIpc) is 2.84. The van der Waals surface area contributed by atoms with E-state index < -0.39 is 10.0 Å². The number of hydrogen-bond acceptors (Lipinski definition) is 6. The van der Waals surface area contributed by atoms with Gasteiger partial charge in [0, 0.05) is 0 Å². The fourth-order valence-electron chi connectivity index (χ4n) is 2.30. The number of amides is 1. The van der Waals surface area contributed by atoms with Crippen LogP contribution in [0, 0.1) is 6.92 Å². The van der Waals surface area contributed by atoms with Gasteiger partial charge >= 0.3 is 0 Å². The summed E-state index contributed by atoms with van der Waals surface area (Å²) in [6, 6.07) is 7.31. The molecule has 0 saturated heterocycles. The van der Waals surface area contributed by atoms with Gasteiger partial charge in [-0.25, -0.2) is 13.4 Å². The van der Waals surface area contributed by atoms with E-state index in [0.29, 0.717) is 35.2 Å². The van der Waals surface area contributed by atoms with Crippen LogP contribution in [0.25, 0.3) is 0 Å². The van der Waals surface area contributed by atoms with Gasteiger partial charge in [0.15, 0.2) is 5.13 Å². The normalized spacial score (nSPS) is 14.1.